The van der Waals surface area contributed by atoms with Crippen molar-refractivity contribution in [2.45, 2.75) is 43.9 Å². The van der Waals surface area contributed by atoms with E-state index < -0.39 is 11.8 Å². The Hall–Kier alpha value is -3.20. The molecule has 41 heavy (non-hydrogen) atoms. The molecule has 2 aromatic carbocycles. The number of ether oxygens (including phenoxy) is 1. The van der Waals surface area contributed by atoms with Crippen LogP contribution in [0.3, 0.4) is 0 Å². The molecule has 1 N–H and O–H groups in total. The summed E-state index contributed by atoms with van der Waals surface area (Å²) >= 11 is 0. The summed E-state index contributed by atoms with van der Waals surface area (Å²) in [5.74, 6) is 1.79. The Morgan fingerprint density at radius 3 is 2.54 bits per heavy atom. The molecule has 2 atom stereocenters. The third-order valence-electron chi connectivity index (χ3n) is 9.62. The first-order valence-electron chi connectivity index (χ1n) is 15.2. The van der Waals surface area contributed by atoms with E-state index >= 15 is 0 Å². The van der Waals surface area contributed by atoms with Crippen molar-refractivity contribution in [2.75, 3.05) is 53.0 Å². The van der Waals surface area contributed by atoms with Gasteiger partial charge in [-0.25, -0.2) is 0 Å². The molecule has 2 unspecified atom stereocenters. The number of aliphatic hydroxyl groups excluding tert-OH is 1. The van der Waals surface area contributed by atoms with Crippen LogP contribution in [0.25, 0.3) is 22.1 Å². The number of fused-ring (bicyclic) bond motifs is 1. The fourth-order valence-electron chi connectivity index (χ4n) is 6.92. The molecule has 0 bridgehead atoms. The van der Waals surface area contributed by atoms with Gasteiger partial charge >= 0.3 is 0 Å². The number of furan rings is 1. The first-order chi connectivity index (χ1) is 20.0. The van der Waals surface area contributed by atoms with Crippen molar-refractivity contribution in [3.05, 3.63) is 60.4 Å². The number of hydrogen-bond donors (Lipinski definition) is 1. The van der Waals surface area contributed by atoms with Crippen molar-refractivity contribution in [3.8, 4) is 11.1 Å². The van der Waals surface area contributed by atoms with Crippen molar-refractivity contribution in [1.82, 2.24) is 14.7 Å². The summed E-state index contributed by atoms with van der Waals surface area (Å²) in [6.07, 6.45) is 5.74. The maximum Gasteiger partial charge on any atom is 0.225 e. The Balaban J connectivity index is 1.13. The van der Waals surface area contributed by atoms with E-state index in [2.05, 4.69) is 51.1 Å². The summed E-state index contributed by atoms with van der Waals surface area (Å²) < 4.78 is 10.8. The molecule has 4 heterocycles. The molecule has 2 saturated heterocycles. The van der Waals surface area contributed by atoms with E-state index in [1.54, 1.807) is 13.4 Å². The number of rotatable bonds is 8. The van der Waals surface area contributed by atoms with Crippen LogP contribution in [0.2, 0.25) is 0 Å². The van der Waals surface area contributed by atoms with Gasteiger partial charge in [-0.1, -0.05) is 30.3 Å². The lowest BCUT2D eigenvalue weighted by Gasteiger charge is -2.41. The van der Waals surface area contributed by atoms with Crippen molar-refractivity contribution in [2.24, 2.45) is 16.8 Å². The van der Waals surface area contributed by atoms with Gasteiger partial charge in [-0.2, -0.15) is 0 Å². The number of amides is 1. The average molecular weight is 557 g/mol. The van der Waals surface area contributed by atoms with E-state index in [1.165, 1.54) is 0 Å². The quantitative estimate of drug-likeness (QED) is 0.448. The van der Waals surface area contributed by atoms with E-state index in [9.17, 15) is 9.90 Å². The number of piperidine rings is 1. The first kappa shape index (κ1) is 26.7. The second-order valence-electron chi connectivity index (χ2n) is 12.4. The normalized spacial score (nSPS) is 24.5. The van der Waals surface area contributed by atoms with Gasteiger partial charge in [0.15, 0.2) is 6.23 Å². The zero-order chi connectivity index (χ0) is 28.0. The minimum absolute atomic E-state index is 0.252. The molecule has 3 aliphatic heterocycles. The largest absolute Gasteiger partial charge is 0.464 e. The van der Waals surface area contributed by atoms with E-state index in [0.717, 1.165) is 98.3 Å². The third-order valence-corrected chi connectivity index (χ3v) is 9.62. The number of hydrogen-bond acceptors (Lipinski definition) is 7. The lowest BCUT2D eigenvalue weighted by molar-refractivity contribution is -0.131. The molecule has 0 radical (unpaired) electrons. The first-order valence-corrected chi connectivity index (χ1v) is 15.2. The number of carbonyl (C=O) groups excluding carboxylic acids is 1. The standard InChI is InChI=1S/C33H40N4O4/c1-40-19-17-35-15-12-33(13-16-35)32(39)37(22-23-10-14-36(21-23)31(38)26-6-7-26)30(34-33)25-4-2-24(3-5-25)27-8-9-29-28(20-27)11-18-41-29/h2-5,8-9,11,18,20,23,26,32,39H,6-7,10,12-17,19,21-22H2,1H3. The molecule has 1 saturated carbocycles. The highest BCUT2D eigenvalue weighted by atomic mass is 16.5. The predicted octanol–water partition coefficient (Wildman–Crippen LogP) is 4.22. The topological polar surface area (TPSA) is 81.8 Å². The van der Waals surface area contributed by atoms with E-state index in [1.807, 2.05) is 12.1 Å². The molecule has 4 aliphatic rings. The number of methoxy groups -OCH3 is 1. The Kier molecular flexibility index (Phi) is 7.09. The van der Waals surface area contributed by atoms with Crippen LogP contribution in [0.15, 0.2) is 64.2 Å². The zero-order valence-corrected chi connectivity index (χ0v) is 23.9. The van der Waals surface area contributed by atoms with Gasteiger partial charge in [0.25, 0.3) is 0 Å². The number of amidine groups is 1. The second-order valence-corrected chi connectivity index (χ2v) is 12.4. The van der Waals surface area contributed by atoms with Gasteiger partial charge in [0, 0.05) is 63.2 Å². The molecule has 8 nitrogen and oxygen atoms in total. The van der Waals surface area contributed by atoms with Crippen LogP contribution in [0.4, 0.5) is 0 Å². The maximum absolute atomic E-state index is 12.7. The smallest absolute Gasteiger partial charge is 0.225 e. The predicted molar refractivity (Wildman–Crippen MR) is 159 cm³/mol. The molecule has 1 amide bonds. The Morgan fingerprint density at radius 1 is 1.02 bits per heavy atom. The number of aliphatic hydroxyl groups is 1. The van der Waals surface area contributed by atoms with Crippen LogP contribution in [0.1, 0.15) is 37.7 Å². The molecule has 7 rings (SSSR count). The molecule has 8 heteroatoms. The van der Waals surface area contributed by atoms with Crippen molar-refractivity contribution in [1.29, 1.82) is 0 Å². The number of aliphatic imine (C=N–C) groups is 1. The van der Waals surface area contributed by atoms with Gasteiger partial charge in [-0.3, -0.25) is 9.79 Å². The second kappa shape index (κ2) is 10.9. The highest BCUT2D eigenvalue weighted by Crippen LogP contribution is 2.40. The summed E-state index contributed by atoms with van der Waals surface area (Å²) in [4.78, 5) is 24.7. The average Bonchev–Trinajstić information content (AvgIpc) is 3.46. The fraction of sp³-hybridized carbons (Fsp3) is 0.515. The van der Waals surface area contributed by atoms with Gasteiger partial charge in [0.2, 0.25) is 5.91 Å². The molecule has 216 valence electrons. The Labute approximate surface area is 241 Å². The lowest BCUT2D eigenvalue weighted by atomic mass is 9.86. The molecule has 1 aromatic heterocycles. The van der Waals surface area contributed by atoms with Gasteiger partial charge in [-0.15, -0.1) is 0 Å². The lowest BCUT2D eigenvalue weighted by Crippen LogP contribution is -2.54. The molecule has 1 spiro atoms. The molecule has 3 aromatic rings. The van der Waals surface area contributed by atoms with Crippen LogP contribution < -0.4 is 0 Å². The number of carbonyl (C=O) groups is 1. The Morgan fingerprint density at radius 2 is 1.78 bits per heavy atom. The summed E-state index contributed by atoms with van der Waals surface area (Å²) in [5, 5.41) is 13.0. The van der Waals surface area contributed by atoms with Crippen LogP contribution in [-0.2, 0) is 9.53 Å². The third kappa shape index (κ3) is 5.17. The van der Waals surface area contributed by atoms with Gasteiger partial charge in [-0.05, 0) is 67.3 Å². The molecule has 1 aliphatic carbocycles. The Bertz CT molecular complexity index is 1420. The van der Waals surface area contributed by atoms with E-state index in [0.29, 0.717) is 25.0 Å². The summed E-state index contributed by atoms with van der Waals surface area (Å²) in [6, 6.07) is 16.8. The monoisotopic (exact) mass is 556 g/mol. The molecular formula is C33H40N4O4. The van der Waals surface area contributed by atoms with Crippen molar-refractivity contribution >= 4 is 22.7 Å². The van der Waals surface area contributed by atoms with Crippen LogP contribution in [0, 0.1) is 11.8 Å². The number of nitrogens with zero attached hydrogens (tertiary/aromatic N) is 4. The molecule has 3 fully saturated rings. The summed E-state index contributed by atoms with van der Waals surface area (Å²) in [6.45, 7) is 5.73. The SMILES string of the molecule is COCCN1CCC2(CC1)N=C(c1ccc(-c3ccc4occc4c3)cc1)N(CC1CCN(C(=O)C3CC3)C1)C2O. The fourth-order valence-corrected chi connectivity index (χ4v) is 6.92. The highest BCUT2D eigenvalue weighted by molar-refractivity contribution is 6.01. The van der Waals surface area contributed by atoms with Gasteiger partial charge in [0.1, 0.15) is 17.0 Å². The zero-order valence-electron chi connectivity index (χ0n) is 23.9. The maximum atomic E-state index is 12.7. The highest BCUT2D eigenvalue weighted by Gasteiger charge is 2.50. The van der Waals surface area contributed by atoms with Gasteiger partial charge in [0.05, 0.1) is 12.9 Å². The molecular weight excluding hydrogens is 516 g/mol. The number of benzene rings is 2. The van der Waals surface area contributed by atoms with Gasteiger partial charge < -0.3 is 29.0 Å². The van der Waals surface area contributed by atoms with E-state index in [-0.39, 0.29) is 5.92 Å². The summed E-state index contributed by atoms with van der Waals surface area (Å²) in [5.41, 5.74) is 3.68. The minimum Gasteiger partial charge on any atom is -0.464 e. The van der Waals surface area contributed by atoms with Crippen LogP contribution >= 0.6 is 0 Å². The number of likely N-dealkylation sites (tertiary alicyclic amines) is 2. The van der Waals surface area contributed by atoms with Crippen molar-refractivity contribution < 1.29 is 19.1 Å². The van der Waals surface area contributed by atoms with Crippen LogP contribution in [0.5, 0.6) is 0 Å². The van der Waals surface area contributed by atoms with Crippen LogP contribution in [-0.4, -0.2) is 96.3 Å². The van der Waals surface area contributed by atoms with E-state index in [4.69, 9.17) is 14.1 Å². The van der Waals surface area contributed by atoms with Crippen molar-refractivity contribution in [3.63, 3.8) is 0 Å². The minimum atomic E-state index is -0.668. The summed E-state index contributed by atoms with van der Waals surface area (Å²) in [7, 11) is 1.74.